The van der Waals surface area contributed by atoms with E-state index >= 15 is 0 Å². The van der Waals surface area contributed by atoms with Gasteiger partial charge in [-0.15, -0.1) is 0 Å². The first-order valence-corrected chi connectivity index (χ1v) is 6.96. The molecule has 0 bridgehead atoms. The van der Waals surface area contributed by atoms with Crippen molar-refractivity contribution in [2.24, 2.45) is 0 Å². The number of carbonyl (C=O) groups is 1. The lowest BCUT2D eigenvalue weighted by atomic mass is 10.3. The van der Waals surface area contributed by atoms with E-state index in [4.69, 9.17) is 4.52 Å². The fourth-order valence-corrected chi connectivity index (χ4v) is 1.83. The van der Waals surface area contributed by atoms with Gasteiger partial charge in [-0.1, -0.05) is 6.92 Å². The molecule has 0 aromatic rings. The molecule has 0 spiro atoms. The maximum atomic E-state index is 11.3. The van der Waals surface area contributed by atoms with Crippen LogP contribution >= 0.6 is 7.37 Å². The average molecular weight is 223 g/mol. The Balaban J connectivity index is 3.92. The number of alkyl carbamates (subject to hydrolysis) is 1. The molecule has 0 aromatic heterocycles. The lowest BCUT2D eigenvalue weighted by Crippen LogP contribution is -2.32. The monoisotopic (exact) mass is 223 g/mol. The van der Waals surface area contributed by atoms with E-state index in [0.717, 1.165) is 0 Å². The van der Waals surface area contributed by atoms with Gasteiger partial charge in [0.15, 0.2) is 7.37 Å². The van der Waals surface area contributed by atoms with Gasteiger partial charge in [-0.05, 0) is 6.42 Å². The second-order valence-electron chi connectivity index (χ2n) is 3.26. The Labute approximate surface area is 84.6 Å². The zero-order chi connectivity index (χ0) is 11.2. The van der Waals surface area contributed by atoms with Gasteiger partial charge in [0.25, 0.3) is 0 Å². The van der Waals surface area contributed by atoms with Gasteiger partial charge in [-0.3, -0.25) is 4.57 Å². The molecule has 0 aliphatic carbocycles. The molecule has 0 heterocycles. The van der Waals surface area contributed by atoms with Crippen LogP contribution in [0.25, 0.3) is 0 Å². The smallest absolute Gasteiger partial charge is 0.406 e. The van der Waals surface area contributed by atoms with E-state index in [0.29, 0.717) is 13.0 Å². The Morgan fingerprint density at radius 3 is 2.43 bits per heavy atom. The Kier molecular flexibility index (Phi) is 5.81. The van der Waals surface area contributed by atoms with E-state index in [1.807, 2.05) is 6.92 Å². The van der Waals surface area contributed by atoms with Crippen molar-refractivity contribution in [1.29, 1.82) is 0 Å². The Morgan fingerprint density at radius 1 is 1.50 bits per heavy atom. The van der Waals surface area contributed by atoms with Crippen molar-refractivity contribution < 1.29 is 18.6 Å². The highest BCUT2D eigenvalue weighted by atomic mass is 31.2. The van der Waals surface area contributed by atoms with Crippen molar-refractivity contribution in [2.75, 3.05) is 27.0 Å². The van der Waals surface area contributed by atoms with Crippen molar-refractivity contribution in [3.8, 4) is 0 Å². The highest BCUT2D eigenvalue weighted by molar-refractivity contribution is 7.57. The van der Waals surface area contributed by atoms with Crippen molar-refractivity contribution in [1.82, 2.24) is 5.32 Å². The Morgan fingerprint density at radius 2 is 2.07 bits per heavy atom. The lowest BCUT2D eigenvalue weighted by Gasteiger charge is -2.18. The summed E-state index contributed by atoms with van der Waals surface area (Å²) in [4.78, 5) is 10.7. The molecule has 84 valence electrons. The summed E-state index contributed by atoms with van der Waals surface area (Å²) in [5, 5.41) is 2.50. The van der Waals surface area contributed by atoms with Gasteiger partial charge in [0.1, 0.15) is 0 Å². The summed E-state index contributed by atoms with van der Waals surface area (Å²) in [7, 11) is -1.21. The van der Waals surface area contributed by atoms with Gasteiger partial charge in [-0.2, -0.15) is 0 Å². The van der Waals surface area contributed by atoms with Crippen LogP contribution in [0.15, 0.2) is 0 Å². The van der Waals surface area contributed by atoms with E-state index < -0.39 is 13.5 Å². The molecule has 14 heavy (non-hydrogen) atoms. The molecular formula is C8H18NO4P. The summed E-state index contributed by atoms with van der Waals surface area (Å²) in [6.07, 6.45) is -0.0422. The largest absolute Gasteiger partial charge is 0.453 e. The van der Waals surface area contributed by atoms with Crippen LogP contribution in [0.2, 0.25) is 0 Å². The number of ether oxygens (including phenoxy) is 1. The standard InChI is InChI=1S/C8H18NO4P/c1-5-7(13-14(3,4)11)6-9-8(10)12-2/h7H,5-6H2,1-4H3,(H,9,10). The summed E-state index contributed by atoms with van der Waals surface area (Å²) in [5.41, 5.74) is 0. The molecule has 0 aliphatic rings. The van der Waals surface area contributed by atoms with E-state index in [1.165, 1.54) is 7.11 Å². The molecule has 0 rings (SSSR count). The second kappa shape index (κ2) is 6.04. The van der Waals surface area contributed by atoms with Gasteiger partial charge in [0.05, 0.1) is 13.2 Å². The maximum Gasteiger partial charge on any atom is 0.406 e. The average Bonchev–Trinajstić information content (AvgIpc) is 2.09. The summed E-state index contributed by atoms with van der Waals surface area (Å²) in [5.74, 6) is 0. The zero-order valence-corrected chi connectivity index (χ0v) is 9.97. The van der Waals surface area contributed by atoms with Crippen LogP contribution in [-0.4, -0.2) is 39.2 Å². The summed E-state index contributed by atoms with van der Waals surface area (Å²) >= 11 is 0. The number of methoxy groups -OCH3 is 1. The topological polar surface area (TPSA) is 64.6 Å². The van der Waals surface area contributed by atoms with Crippen LogP contribution in [0.4, 0.5) is 4.79 Å². The molecule has 0 aliphatic heterocycles. The number of amides is 1. The normalized spacial score (nSPS) is 13.4. The maximum absolute atomic E-state index is 11.3. The van der Waals surface area contributed by atoms with Crippen LogP contribution in [0.1, 0.15) is 13.3 Å². The fraction of sp³-hybridized carbons (Fsp3) is 0.875. The van der Waals surface area contributed by atoms with Crippen molar-refractivity contribution in [3.63, 3.8) is 0 Å². The molecule has 0 saturated heterocycles. The number of hydrogen-bond acceptors (Lipinski definition) is 4. The van der Waals surface area contributed by atoms with Crippen molar-refractivity contribution in [2.45, 2.75) is 19.4 Å². The quantitative estimate of drug-likeness (QED) is 0.720. The van der Waals surface area contributed by atoms with Crippen molar-refractivity contribution in [3.05, 3.63) is 0 Å². The lowest BCUT2D eigenvalue weighted by molar-refractivity contribution is 0.156. The van der Waals surface area contributed by atoms with Crippen LogP contribution in [-0.2, 0) is 13.8 Å². The molecule has 0 aromatic carbocycles. The number of carbonyl (C=O) groups excluding carboxylic acids is 1. The Hall–Kier alpha value is -0.540. The minimum Gasteiger partial charge on any atom is -0.453 e. The molecule has 1 N–H and O–H groups in total. The highest BCUT2D eigenvalue weighted by Gasteiger charge is 2.16. The third-order valence-corrected chi connectivity index (χ3v) is 2.32. The third kappa shape index (κ3) is 6.92. The summed E-state index contributed by atoms with van der Waals surface area (Å²) < 4.78 is 21.0. The molecule has 6 heteroatoms. The molecule has 1 atom stereocenters. The molecule has 0 saturated carbocycles. The first-order chi connectivity index (χ1) is 6.39. The first-order valence-electron chi connectivity index (χ1n) is 4.44. The predicted molar refractivity (Wildman–Crippen MR) is 55.0 cm³/mol. The molecule has 0 fully saturated rings. The van der Waals surface area contributed by atoms with Gasteiger partial charge in [0.2, 0.25) is 0 Å². The van der Waals surface area contributed by atoms with Gasteiger partial charge < -0.3 is 14.6 Å². The van der Waals surface area contributed by atoms with Crippen molar-refractivity contribution >= 4 is 13.5 Å². The van der Waals surface area contributed by atoms with Crippen LogP contribution in [0.5, 0.6) is 0 Å². The highest BCUT2D eigenvalue weighted by Crippen LogP contribution is 2.39. The van der Waals surface area contributed by atoms with E-state index in [2.05, 4.69) is 10.1 Å². The van der Waals surface area contributed by atoms with Crippen LogP contribution in [0.3, 0.4) is 0 Å². The molecule has 1 unspecified atom stereocenters. The van der Waals surface area contributed by atoms with Crippen LogP contribution in [0, 0.1) is 0 Å². The molecule has 0 radical (unpaired) electrons. The van der Waals surface area contributed by atoms with Gasteiger partial charge in [0, 0.05) is 19.9 Å². The number of hydrogen-bond donors (Lipinski definition) is 1. The number of nitrogens with one attached hydrogen (secondary N) is 1. The summed E-state index contributed by atoms with van der Waals surface area (Å²) in [6, 6.07) is 0. The molecular weight excluding hydrogens is 205 g/mol. The van der Waals surface area contributed by atoms with E-state index in [1.54, 1.807) is 13.3 Å². The molecule has 1 amide bonds. The van der Waals surface area contributed by atoms with E-state index in [-0.39, 0.29) is 6.10 Å². The Bertz CT molecular complexity index is 225. The summed E-state index contributed by atoms with van der Waals surface area (Å²) in [6.45, 7) is 5.32. The minimum atomic E-state index is -2.50. The predicted octanol–water partition coefficient (Wildman–Crippen LogP) is 1.68. The second-order valence-corrected chi connectivity index (χ2v) is 5.98. The van der Waals surface area contributed by atoms with Gasteiger partial charge >= 0.3 is 6.09 Å². The fourth-order valence-electron chi connectivity index (χ4n) is 0.884. The van der Waals surface area contributed by atoms with E-state index in [9.17, 15) is 9.36 Å². The molecule has 5 nitrogen and oxygen atoms in total. The van der Waals surface area contributed by atoms with Crippen LogP contribution < -0.4 is 5.32 Å². The third-order valence-electron chi connectivity index (χ3n) is 1.52. The first kappa shape index (κ1) is 13.5. The number of rotatable bonds is 5. The van der Waals surface area contributed by atoms with Gasteiger partial charge in [-0.25, -0.2) is 4.79 Å². The zero-order valence-electron chi connectivity index (χ0n) is 9.07. The minimum absolute atomic E-state index is 0.227. The SMILES string of the molecule is CCC(CNC(=O)OC)OP(C)(C)=O.